The van der Waals surface area contributed by atoms with Crippen LogP contribution in [0.2, 0.25) is 0 Å². The van der Waals surface area contributed by atoms with Gasteiger partial charge in [0.05, 0.1) is 0 Å². The van der Waals surface area contributed by atoms with Crippen molar-refractivity contribution < 1.29 is 14.7 Å². The minimum Gasteiger partial charge on any atom is -0.481 e. The molecule has 2 aromatic carbocycles. The van der Waals surface area contributed by atoms with Gasteiger partial charge in [-0.2, -0.15) is 0 Å². The van der Waals surface area contributed by atoms with E-state index in [9.17, 15) is 9.59 Å². The second kappa shape index (κ2) is 6.89. The van der Waals surface area contributed by atoms with E-state index in [-0.39, 0.29) is 12.3 Å². The third kappa shape index (κ3) is 4.19. The van der Waals surface area contributed by atoms with Crippen LogP contribution in [0.1, 0.15) is 33.5 Å². The normalized spacial score (nSPS) is 10.3. The van der Waals surface area contributed by atoms with Gasteiger partial charge < -0.3 is 10.4 Å². The largest absolute Gasteiger partial charge is 0.481 e. The van der Waals surface area contributed by atoms with E-state index in [0.717, 1.165) is 16.7 Å². The maximum atomic E-state index is 12.4. The zero-order valence-electron chi connectivity index (χ0n) is 12.7. The number of nitrogens with one attached hydrogen (secondary N) is 1. The van der Waals surface area contributed by atoms with E-state index in [2.05, 4.69) is 5.32 Å². The smallest absolute Gasteiger partial charge is 0.303 e. The molecule has 22 heavy (non-hydrogen) atoms. The SMILES string of the molecule is Cc1ccc(C)c(C(=O)Nc2cccc(CCC(=O)O)c2)c1. The molecule has 0 saturated heterocycles. The molecule has 0 aromatic heterocycles. The lowest BCUT2D eigenvalue weighted by atomic mass is 10.0. The van der Waals surface area contributed by atoms with Gasteiger partial charge in [-0.1, -0.05) is 29.8 Å². The predicted octanol–water partition coefficient (Wildman–Crippen LogP) is 3.57. The summed E-state index contributed by atoms with van der Waals surface area (Å²) in [5, 5.41) is 11.6. The maximum Gasteiger partial charge on any atom is 0.303 e. The molecule has 4 nitrogen and oxygen atoms in total. The number of hydrogen-bond acceptors (Lipinski definition) is 2. The van der Waals surface area contributed by atoms with Gasteiger partial charge in [0, 0.05) is 17.7 Å². The molecule has 0 aliphatic carbocycles. The molecule has 0 aliphatic rings. The predicted molar refractivity (Wildman–Crippen MR) is 86.3 cm³/mol. The molecular weight excluding hydrogens is 278 g/mol. The minimum atomic E-state index is -0.829. The first-order valence-corrected chi connectivity index (χ1v) is 7.15. The number of hydrogen-bond donors (Lipinski definition) is 2. The molecule has 4 heteroatoms. The number of aliphatic carboxylic acids is 1. The van der Waals surface area contributed by atoms with Gasteiger partial charge in [0.2, 0.25) is 0 Å². The molecule has 1 amide bonds. The molecule has 0 bridgehead atoms. The summed E-state index contributed by atoms with van der Waals surface area (Å²) in [5.74, 6) is -0.985. The number of benzene rings is 2. The van der Waals surface area contributed by atoms with Gasteiger partial charge in [0.1, 0.15) is 0 Å². The lowest BCUT2D eigenvalue weighted by Crippen LogP contribution is -2.13. The quantitative estimate of drug-likeness (QED) is 0.886. The molecule has 0 unspecified atom stereocenters. The van der Waals surface area contributed by atoms with Crippen LogP contribution < -0.4 is 5.32 Å². The van der Waals surface area contributed by atoms with Crippen LogP contribution in [0.3, 0.4) is 0 Å². The van der Waals surface area contributed by atoms with Gasteiger partial charge >= 0.3 is 5.97 Å². The number of carboxylic acid groups (broad SMARTS) is 1. The molecule has 0 fully saturated rings. The summed E-state index contributed by atoms with van der Waals surface area (Å²) in [6, 6.07) is 13.0. The number of carbonyl (C=O) groups excluding carboxylic acids is 1. The third-order valence-electron chi connectivity index (χ3n) is 3.45. The average Bonchev–Trinajstić information content (AvgIpc) is 2.48. The first-order chi connectivity index (χ1) is 10.5. The maximum absolute atomic E-state index is 12.4. The van der Waals surface area contributed by atoms with Crippen molar-refractivity contribution in [3.05, 3.63) is 64.7 Å². The second-order valence-electron chi connectivity index (χ2n) is 5.37. The Kier molecular flexibility index (Phi) is 4.94. The van der Waals surface area contributed by atoms with Crippen molar-refractivity contribution in [3.8, 4) is 0 Å². The molecule has 2 aromatic rings. The summed E-state index contributed by atoms with van der Waals surface area (Å²) in [7, 11) is 0. The van der Waals surface area contributed by atoms with Gasteiger partial charge in [-0.3, -0.25) is 9.59 Å². The van der Waals surface area contributed by atoms with Crippen molar-refractivity contribution >= 4 is 17.6 Å². The van der Waals surface area contributed by atoms with Gasteiger partial charge in [-0.25, -0.2) is 0 Å². The Morgan fingerprint density at radius 2 is 1.86 bits per heavy atom. The van der Waals surface area contributed by atoms with Crippen LogP contribution in [0.15, 0.2) is 42.5 Å². The number of aryl methyl sites for hydroxylation is 3. The fourth-order valence-corrected chi connectivity index (χ4v) is 2.23. The number of anilines is 1. The summed E-state index contributed by atoms with van der Waals surface area (Å²) in [4.78, 5) is 23.0. The zero-order valence-corrected chi connectivity index (χ0v) is 12.7. The first kappa shape index (κ1) is 15.8. The summed E-state index contributed by atoms with van der Waals surface area (Å²) in [6.07, 6.45) is 0.525. The first-order valence-electron chi connectivity index (χ1n) is 7.15. The third-order valence-corrected chi connectivity index (χ3v) is 3.45. The van der Waals surface area contributed by atoms with E-state index in [0.29, 0.717) is 17.7 Å². The fourth-order valence-electron chi connectivity index (χ4n) is 2.23. The van der Waals surface area contributed by atoms with Gasteiger partial charge in [0.25, 0.3) is 5.91 Å². The Morgan fingerprint density at radius 3 is 2.59 bits per heavy atom. The highest BCUT2D eigenvalue weighted by Gasteiger charge is 2.10. The van der Waals surface area contributed by atoms with Crippen LogP contribution in [0.5, 0.6) is 0 Å². The van der Waals surface area contributed by atoms with E-state index >= 15 is 0 Å². The van der Waals surface area contributed by atoms with Crippen LogP contribution in [0.25, 0.3) is 0 Å². The summed E-state index contributed by atoms with van der Waals surface area (Å²) < 4.78 is 0. The minimum absolute atomic E-state index is 0.0778. The number of carbonyl (C=O) groups is 2. The Labute approximate surface area is 129 Å². The molecule has 2 N–H and O–H groups in total. The van der Waals surface area contributed by atoms with Crippen LogP contribution in [-0.2, 0) is 11.2 Å². The lowest BCUT2D eigenvalue weighted by molar-refractivity contribution is -0.136. The van der Waals surface area contributed by atoms with Crippen molar-refractivity contribution in [2.45, 2.75) is 26.7 Å². The van der Waals surface area contributed by atoms with Crippen molar-refractivity contribution in [1.29, 1.82) is 0 Å². The Bertz CT molecular complexity index is 707. The Balaban J connectivity index is 2.13. The van der Waals surface area contributed by atoms with Crippen LogP contribution in [0.4, 0.5) is 5.69 Å². The van der Waals surface area contributed by atoms with Crippen LogP contribution >= 0.6 is 0 Å². The fraction of sp³-hybridized carbons (Fsp3) is 0.222. The standard InChI is InChI=1S/C18H19NO3/c1-12-6-7-13(2)16(10-12)18(22)19-15-5-3-4-14(11-15)8-9-17(20)21/h3-7,10-11H,8-9H2,1-2H3,(H,19,22)(H,20,21). The number of rotatable bonds is 5. The number of amides is 1. The molecule has 2 rings (SSSR count). The van der Waals surface area contributed by atoms with E-state index in [1.807, 2.05) is 50.2 Å². The average molecular weight is 297 g/mol. The van der Waals surface area contributed by atoms with Crippen molar-refractivity contribution in [3.63, 3.8) is 0 Å². The van der Waals surface area contributed by atoms with Crippen LogP contribution in [0, 0.1) is 13.8 Å². The molecule has 0 spiro atoms. The number of carboxylic acids is 1. The molecule has 114 valence electrons. The summed E-state index contributed by atoms with van der Waals surface area (Å²) in [5.41, 5.74) is 4.17. The van der Waals surface area contributed by atoms with E-state index in [1.54, 1.807) is 6.07 Å². The second-order valence-corrected chi connectivity index (χ2v) is 5.37. The lowest BCUT2D eigenvalue weighted by Gasteiger charge is -2.10. The monoisotopic (exact) mass is 297 g/mol. The highest BCUT2D eigenvalue weighted by molar-refractivity contribution is 6.05. The van der Waals surface area contributed by atoms with E-state index in [4.69, 9.17) is 5.11 Å². The van der Waals surface area contributed by atoms with Crippen molar-refractivity contribution in [2.75, 3.05) is 5.32 Å². The topological polar surface area (TPSA) is 66.4 Å². The van der Waals surface area contributed by atoms with E-state index < -0.39 is 5.97 Å². The van der Waals surface area contributed by atoms with Crippen molar-refractivity contribution in [2.24, 2.45) is 0 Å². The highest BCUT2D eigenvalue weighted by Crippen LogP contribution is 2.16. The van der Waals surface area contributed by atoms with Gasteiger partial charge in [-0.05, 0) is 49.6 Å². The molecule has 0 aliphatic heterocycles. The Morgan fingerprint density at radius 1 is 1.09 bits per heavy atom. The Hall–Kier alpha value is -2.62. The molecular formula is C18H19NO3. The molecule has 0 radical (unpaired) electrons. The molecule has 0 heterocycles. The van der Waals surface area contributed by atoms with Gasteiger partial charge in [0.15, 0.2) is 0 Å². The molecule has 0 atom stereocenters. The molecule has 0 saturated carbocycles. The zero-order chi connectivity index (χ0) is 16.1. The van der Waals surface area contributed by atoms with E-state index in [1.165, 1.54) is 0 Å². The van der Waals surface area contributed by atoms with Gasteiger partial charge in [-0.15, -0.1) is 0 Å². The summed E-state index contributed by atoms with van der Waals surface area (Å²) in [6.45, 7) is 3.85. The summed E-state index contributed by atoms with van der Waals surface area (Å²) >= 11 is 0. The van der Waals surface area contributed by atoms with Crippen LogP contribution in [-0.4, -0.2) is 17.0 Å². The van der Waals surface area contributed by atoms with Crippen molar-refractivity contribution in [1.82, 2.24) is 0 Å². The highest BCUT2D eigenvalue weighted by atomic mass is 16.4.